The second-order valence-electron chi connectivity index (χ2n) is 6.31. The Hall–Kier alpha value is -4.00. The Balaban J connectivity index is 1.52. The van der Waals surface area contributed by atoms with E-state index in [1.165, 1.54) is 38.5 Å². The van der Waals surface area contributed by atoms with Gasteiger partial charge in [-0.1, -0.05) is 18.2 Å². The Labute approximate surface area is 180 Å². The minimum absolute atomic E-state index is 0.113. The van der Waals surface area contributed by atoms with Gasteiger partial charge in [-0.25, -0.2) is 9.59 Å². The first-order valence-electron chi connectivity index (χ1n) is 9.49. The number of esters is 2. The summed E-state index contributed by atoms with van der Waals surface area (Å²) in [7, 11) is 2.99. The van der Waals surface area contributed by atoms with E-state index in [0.29, 0.717) is 22.8 Å². The van der Waals surface area contributed by atoms with E-state index in [0.717, 1.165) is 0 Å². The number of hydrogen-bond acceptors (Lipinski definition) is 7. The van der Waals surface area contributed by atoms with Crippen molar-refractivity contribution in [2.24, 2.45) is 0 Å². The van der Waals surface area contributed by atoms with Gasteiger partial charge in [0.15, 0.2) is 0 Å². The molecule has 7 heteroatoms. The molecule has 0 atom stereocenters. The van der Waals surface area contributed by atoms with Crippen molar-refractivity contribution < 1.29 is 33.3 Å². The van der Waals surface area contributed by atoms with Gasteiger partial charge in [0.2, 0.25) is 0 Å². The first-order valence-corrected chi connectivity index (χ1v) is 9.49. The molecule has 7 nitrogen and oxygen atoms in total. The summed E-state index contributed by atoms with van der Waals surface area (Å²) in [6.07, 6.45) is 0. The Bertz CT molecular complexity index is 992. The van der Waals surface area contributed by atoms with Gasteiger partial charge in [-0.2, -0.15) is 0 Å². The number of benzene rings is 3. The summed E-state index contributed by atoms with van der Waals surface area (Å²) in [5.74, 6) is 0.869. The predicted molar refractivity (Wildman–Crippen MR) is 113 cm³/mol. The molecule has 0 saturated heterocycles. The summed E-state index contributed by atoms with van der Waals surface area (Å²) in [5, 5.41) is 0. The summed E-state index contributed by atoms with van der Waals surface area (Å²) >= 11 is 0. The quantitative estimate of drug-likeness (QED) is 0.291. The molecule has 0 heterocycles. The summed E-state index contributed by atoms with van der Waals surface area (Å²) in [4.78, 5) is 24.6. The highest BCUT2D eigenvalue weighted by Gasteiger charge is 2.13. The molecule has 0 aliphatic rings. The van der Waals surface area contributed by atoms with Gasteiger partial charge in [-0.3, -0.25) is 0 Å². The van der Waals surface area contributed by atoms with Crippen LogP contribution in [0.4, 0.5) is 0 Å². The minimum atomic E-state index is -0.578. The molecule has 0 aromatic heterocycles. The van der Waals surface area contributed by atoms with E-state index < -0.39 is 11.9 Å². The highest BCUT2D eigenvalue weighted by Crippen LogP contribution is 2.24. The fourth-order valence-corrected chi connectivity index (χ4v) is 2.64. The molecular formula is C24H22O7. The molecule has 0 amide bonds. The summed E-state index contributed by atoms with van der Waals surface area (Å²) < 4.78 is 26.3. The van der Waals surface area contributed by atoms with E-state index in [1.54, 1.807) is 18.2 Å². The topological polar surface area (TPSA) is 80.3 Å². The van der Waals surface area contributed by atoms with Crippen molar-refractivity contribution in [3.8, 4) is 23.0 Å². The standard InChI is InChI=1S/C24H22O7/c1-27-21-14-18(15-22(16-21)28-2)24(26)31-20-10-8-17(9-11-20)23(25)30-13-12-29-19-6-4-3-5-7-19/h3-11,14-16H,12-13H2,1-2H3. The smallest absolute Gasteiger partial charge is 0.343 e. The molecule has 0 radical (unpaired) electrons. The SMILES string of the molecule is COc1cc(OC)cc(C(=O)Oc2ccc(C(=O)OCCOc3ccccc3)cc2)c1. The van der Waals surface area contributed by atoms with Crippen LogP contribution in [0, 0.1) is 0 Å². The van der Waals surface area contributed by atoms with Gasteiger partial charge in [0.1, 0.15) is 36.2 Å². The van der Waals surface area contributed by atoms with Gasteiger partial charge >= 0.3 is 11.9 Å². The van der Waals surface area contributed by atoms with Gasteiger partial charge < -0.3 is 23.7 Å². The molecule has 160 valence electrons. The van der Waals surface area contributed by atoms with Crippen LogP contribution in [0.2, 0.25) is 0 Å². The van der Waals surface area contributed by atoms with E-state index in [9.17, 15) is 9.59 Å². The molecule has 3 aromatic carbocycles. The first kappa shape index (κ1) is 21.7. The lowest BCUT2D eigenvalue weighted by molar-refractivity contribution is 0.0450. The molecular weight excluding hydrogens is 400 g/mol. The van der Waals surface area contributed by atoms with Crippen molar-refractivity contribution in [2.75, 3.05) is 27.4 Å². The van der Waals surface area contributed by atoms with Crippen LogP contribution < -0.4 is 18.9 Å². The van der Waals surface area contributed by atoms with Gasteiger partial charge in [0.05, 0.1) is 25.3 Å². The van der Waals surface area contributed by atoms with Gasteiger partial charge in [0, 0.05) is 6.07 Å². The highest BCUT2D eigenvalue weighted by molar-refractivity contribution is 5.92. The van der Waals surface area contributed by atoms with Crippen molar-refractivity contribution in [1.29, 1.82) is 0 Å². The average Bonchev–Trinajstić information content (AvgIpc) is 2.82. The third-order valence-electron chi connectivity index (χ3n) is 4.22. The van der Waals surface area contributed by atoms with E-state index in [-0.39, 0.29) is 24.5 Å². The van der Waals surface area contributed by atoms with Gasteiger partial charge in [-0.15, -0.1) is 0 Å². The summed E-state index contributed by atoms with van der Waals surface area (Å²) in [5.41, 5.74) is 0.612. The Kier molecular flexibility index (Phi) is 7.48. The minimum Gasteiger partial charge on any atom is -0.497 e. The molecule has 31 heavy (non-hydrogen) atoms. The van der Waals surface area contributed by atoms with Crippen LogP contribution in [-0.4, -0.2) is 39.4 Å². The third kappa shape index (κ3) is 6.24. The number of carbonyl (C=O) groups is 2. The second-order valence-corrected chi connectivity index (χ2v) is 6.31. The number of carbonyl (C=O) groups excluding carboxylic acids is 2. The maximum atomic E-state index is 12.4. The lowest BCUT2D eigenvalue weighted by Crippen LogP contribution is -2.12. The van der Waals surface area contributed by atoms with Crippen LogP contribution in [0.1, 0.15) is 20.7 Å². The van der Waals surface area contributed by atoms with Crippen LogP contribution in [0.3, 0.4) is 0 Å². The van der Waals surface area contributed by atoms with Crippen molar-refractivity contribution in [2.45, 2.75) is 0 Å². The maximum absolute atomic E-state index is 12.4. The van der Waals surface area contributed by atoms with Gasteiger partial charge in [0.25, 0.3) is 0 Å². The molecule has 0 aliphatic carbocycles. The Morgan fingerprint density at radius 3 is 1.90 bits per heavy atom. The number of rotatable bonds is 9. The number of para-hydroxylation sites is 1. The summed E-state index contributed by atoms with van der Waals surface area (Å²) in [6, 6.07) is 20.1. The largest absolute Gasteiger partial charge is 0.497 e. The zero-order valence-electron chi connectivity index (χ0n) is 17.2. The molecule has 3 rings (SSSR count). The average molecular weight is 422 g/mol. The molecule has 0 spiro atoms. The van der Waals surface area contributed by atoms with E-state index in [2.05, 4.69) is 0 Å². The molecule has 0 fully saturated rings. The first-order chi connectivity index (χ1) is 15.1. The fourth-order valence-electron chi connectivity index (χ4n) is 2.64. The zero-order valence-corrected chi connectivity index (χ0v) is 17.2. The third-order valence-corrected chi connectivity index (χ3v) is 4.22. The van der Waals surface area contributed by atoms with Gasteiger partial charge in [-0.05, 0) is 48.5 Å². The molecule has 0 bridgehead atoms. The van der Waals surface area contributed by atoms with E-state index in [4.69, 9.17) is 23.7 Å². The highest BCUT2D eigenvalue weighted by atomic mass is 16.6. The molecule has 0 unspecified atom stereocenters. The maximum Gasteiger partial charge on any atom is 0.343 e. The predicted octanol–water partition coefficient (Wildman–Crippen LogP) is 4.16. The number of methoxy groups -OCH3 is 2. The van der Waals surface area contributed by atoms with Crippen LogP contribution in [-0.2, 0) is 4.74 Å². The Morgan fingerprint density at radius 2 is 1.29 bits per heavy atom. The summed E-state index contributed by atoms with van der Waals surface area (Å²) in [6.45, 7) is 0.359. The molecule has 3 aromatic rings. The van der Waals surface area contributed by atoms with Crippen LogP contribution in [0.5, 0.6) is 23.0 Å². The van der Waals surface area contributed by atoms with Crippen LogP contribution >= 0.6 is 0 Å². The lowest BCUT2D eigenvalue weighted by atomic mass is 10.2. The van der Waals surface area contributed by atoms with Crippen LogP contribution in [0.25, 0.3) is 0 Å². The normalized spacial score (nSPS) is 10.1. The fraction of sp³-hybridized carbons (Fsp3) is 0.167. The van der Waals surface area contributed by atoms with E-state index in [1.807, 2.05) is 30.3 Å². The molecule has 0 N–H and O–H groups in total. The number of ether oxygens (including phenoxy) is 5. The zero-order chi connectivity index (χ0) is 22.1. The van der Waals surface area contributed by atoms with Crippen molar-refractivity contribution in [3.05, 3.63) is 83.9 Å². The number of hydrogen-bond donors (Lipinski definition) is 0. The second kappa shape index (κ2) is 10.7. The van der Waals surface area contributed by atoms with E-state index >= 15 is 0 Å². The lowest BCUT2D eigenvalue weighted by Gasteiger charge is -2.09. The Morgan fingerprint density at radius 1 is 0.645 bits per heavy atom. The monoisotopic (exact) mass is 422 g/mol. The molecule has 0 saturated carbocycles. The van der Waals surface area contributed by atoms with Crippen LogP contribution in [0.15, 0.2) is 72.8 Å². The van der Waals surface area contributed by atoms with Crippen molar-refractivity contribution in [1.82, 2.24) is 0 Å². The van der Waals surface area contributed by atoms with Crippen molar-refractivity contribution in [3.63, 3.8) is 0 Å². The molecule has 0 aliphatic heterocycles. The van der Waals surface area contributed by atoms with Crippen molar-refractivity contribution >= 4 is 11.9 Å².